The summed E-state index contributed by atoms with van der Waals surface area (Å²) in [5.74, 6) is 2.68. The smallest absolute Gasteiger partial charge is 0.209 e. The van der Waals surface area contributed by atoms with E-state index in [0.717, 1.165) is 39.5 Å². The molecule has 0 atom stereocenters. The van der Waals surface area contributed by atoms with Crippen molar-refractivity contribution >= 4 is 23.1 Å². The number of rotatable bonds is 9. The van der Waals surface area contributed by atoms with Gasteiger partial charge in [0.1, 0.15) is 5.01 Å². The summed E-state index contributed by atoms with van der Waals surface area (Å²) in [6, 6.07) is 5.89. The van der Waals surface area contributed by atoms with E-state index in [9.17, 15) is 0 Å². The van der Waals surface area contributed by atoms with Crippen LogP contribution in [0.3, 0.4) is 0 Å². The van der Waals surface area contributed by atoms with Crippen molar-refractivity contribution in [1.29, 1.82) is 0 Å². The van der Waals surface area contributed by atoms with Crippen molar-refractivity contribution in [1.82, 2.24) is 25.2 Å². The number of benzene rings is 1. The van der Waals surface area contributed by atoms with Crippen molar-refractivity contribution < 1.29 is 9.47 Å². The van der Waals surface area contributed by atoms with E-state index < -0.39 is 0 Å². The first-order valence-corrected chi connectivity index (χ1v) is 10.6. The van der Waals surface area contributed by atoms with Crippen LogP contribution in [0, 0.1) is 5.92 Å². The van der Waals surface area contributed by atoms with Gasteiger partial charge in [0.2, 0.25) is 5.16 Å². The second-order valence-corrected chi connectivity index (χ2v) is 8.07. The van der Waals surface area contributed by atoms with Gasteiger partial charge in [-0.2, -0.15) is 0 Å². The summed E-state index contributed by atoms with van der Waals surface area (Å²) in [6.07, 6.45) is 0. The molecule has 7 nitrogen and oxygen atoms in total. The Morgan fingerprint density at radius 3 is 2.85 bits per heavy atom. The Bertz CT molecular complexity index is 878. The maximum Gasteiger partial charge on any atom is 0.209 e. The molecule has 2 heterocycles. The lowest BCUT2D eigenvalue weighted by Crippen LogP contribution is -2.07. The molecule has 0 fully saturated rings. The first kappa shape index (κ1) is 19.6. The summed E-state index contributed by atoms with van der Waals surface area (Å²) >= 11 is 3.21. The van der Waals surface area contributed by atoms with E-state index in [1.807, 2.05) is 29.8 Å². The van der Waals surface area contributed by atoms with E-state index in [2.05, 4.69) is 34.8 Å². The van der Waals surface area contributed by atoms with Crippen LogP contribution in [0.25, 0.3) is 10.6 Å². The van der Waals surface area contributed by atoms with E-state index in [-0.39, 0.29) is 0 Å². The molecular weight excluding hydrogens is 382 g/mol. The summed E-state index contributed by atoms with van der Waals surface area (Å²) in [6.45, 7) is 7.66. The number of tetrazole rings is 1. The van der Waals surface area contributed by atoms with Crippen molar-refractivity contribution in [2.24, 2.45) is 5.92 Å². The van der Waals surface area contributed by atoms with Crippen LogP contribution in [0.5, 0.6) is 11.5 Å². The van der Waals surface area contributed by atoms with E-state index in [4.69, 9.17) is 14.5 Å². The Morgan fingerprint density at radius 1 is 1.26 bits per heavy atom. The maximum absolute atomic E-state index is 5.58. The molecular formula is C18H23N5O2S2. The molecule has 9 heteroatoms. The van der Waals surface area contributed by atoms with Crippen molar-refractivity contribution in [3.63, 3.8) is 0 Å². The number of thiazole rings is 1. The lowest BCUT2D eigenvalue weighted by Gasteiger charge is -2.09. The van der Waals surface area contributed by atoms with Crippen LogP contribution in [0.2, 0.25) is 0 Å². The molecule has 0 radical (unpaired) electrons. The highest BCUT2D eigenvalue weighted by atomic mass is 32.2. The van der Waals surface area contributed by atoms with Crippen LogP contribution < -0.4 is 9.47 Å². The minimum Gasteiger partial charge on any atom is -0.493 e. The molecule has 0 aliphatic rings. The highest BCUT2D eigenvalue weighted by Crippen LogP contribution is 2.34. The van der Waals surface area contributed by atoms with Gasteiger partial charge < -0.3 is 9.47 Å². The molecule has 0 aliphatic heterocycles. The molecule has 0 spiro atoms. The fraction of sp³-hybridized carbons (Fsp3) is 0.444. The normalized spacial score (nSPS) is 11.1. The topological polar surface area (TPSA) is 75.0 Å². The summed E-state index contributed by atoms with van der Waals surface area (Å²) in [5.41, 5.74) is 2.02. The Hall–Kier alpha value is -2.13. The van der Waals surface area contributed by atoms with E-state index in [0.29, 0.717) is 18.3 Å². The van der Waals surface area contributed by atoms with Gasteiger partial charge in [-0.15, -0.1) is 16.4 Å². The molecule has 0 aliphatic carbocycles. The van der Waals surface area contributed by atoms with Crippen molar-refractivity contribution in [2.45, 2.75) is 38.2 Å². The maximum atomic E-state index is 5.58. The second kappa shape index (κ2) is 9.18. The number of hydrogen-bond donors (Lipinski definition) is 0. The summed E-state index contributed by atoms with van der Waals surface area (Å²) in [7, 11) is 1.65. The minimum atomic E-state index is 0.494. The van der Waals surface area contributed by atoms with Gasteiger partial charge >= 0.3 is 0 Å². The quantitative estimate of drug-likeness (QED) is 0.495. The van der Waals surface area contributed by atoms with Crippen LogP contribution in [0.1, 0.15) is 26.5 Å². The van der Waals surface area contributed by atoms with Gasteiger partial charge in [0.25, 0.3) is 0 Å². The van der Waals surface area contributed by atoms with Gasteiger partial charge in [-0.05, 0) is 41.5 Å². The molecule has 27 heavy (non-hydrogen) atoms. The van der Waals surface area contributed by atoms with Gasteiger partial charge in [-0.3, -0.25) is 0 Å². The number of aromatic nitrogens is 5. The molecule has 2 aromatic heterocycles. The molecule has 3 aromatic rings. The third kappa shape index (κ3) is 4.98. The average Bonchev–Trinajstić information content (AvgIpc) is 3.29. The molecule has 3 rings (SSSR count). The zero-order chi connectivity index (χ0) is 19.2. The molecule has 144 valence electrons. The molecule has 0 saturated carbocycles. The zero-order valence-corrected chi connectivity index (χ0v) is 17.5. The van der Waals surface area contributed by atoms with Crippen LogP contribution in [-0.4, -0.2) is 38.9 Å². The summed E-state index contributed by atoms with van der Waals surface area (Å²) < 4.78 is 12.9. The van der Waals surface area contributed by atoms with Gasteiger partial charge in [0, 0.05) is 23.2 Å². The molecule has 0 N–H and O–H groups in total. The fourth-order valence-electron chi connectivity index (χ4n) is 2.48. The molecule has 0 unspecified atom stereocenters. The average molecular weight is 406 g/mol. The third-order valence-corrected chi connectivity index (χ3v) is 5.58. The van der Waals surface area contributed by atoms with Crippen LogP contribution >= 0.6 is 23.1 Å². The standard InChI is InChI=1S/C18H23N5O2S2/c1-5-25-15-7-6-13(8-16(15)24-4)17-19-14(10-26-17)11-27-18-20-21-22-23(18)9-12(2)3/h6-8,10,12H,5,9,11H2,1-4H3. The van der Waals surface area contributed by atoms with Crippen molar-refractivity contribution in [2.75, 3.05) is 13.7 Å². The summed E-state index contributed by atoms with van der Waals surface area (Å²) in [4.78, 5) is 4.75. The van der Waals surface area contributed by atoms with E-state index >= 15 is 0 Å². The number of hydrogen-bond acceptors (Lipinski definition) is 8. The van der Waals surface area contributed by atoms with Gasteiger partial charge in [0.05, 0.1) is 19.4 Å². The lowest BCUT2D eigenvalue weighted by molar-refractivity contribution is 0.311. The van der Waals surface area contributed by atoms with Gasteiger partial charge in [-0.25, -0.2) is 9.67 Å². The third-order valence-electron chi connectivity index (χ3n) is 3.65. The Kier molecular flexibility index (Phi) is 6.68. The van der Waals surface area contributed by atoms with Crippen molar-refractivity contribution in [3.05, 3.63) is 29.3 Å². The van der Waals surface area contributed by atoms with E-state index in [1.165, 1.54) is 0 Å². The first-order valence-electron chi connectivity index (χ1n) is 8.75. The molecule has 0 amide bonds. The van der Waals surface area contributed by atoms with Crippen LogP contribution in [-0.2, 0) is 12.3 Å². The lowest BCUT2D eigenvalue weighted by atomic mass is 10.2. The highest BCUT2D eigenvalue weighted by Gasteiger charge is 2.12. The number of methoxy groups -OCH3 is 1. The van der Waals surface area contributed by atoms with Gasteiger partial charge in [0.15, 0.2) is 11.5 Å². The zero-order valence-electron chi connectivity index (χ0n) is 15.9. The highest BCUT2D eigenvalue weighted by molar-refractivity contribution is 7.98. The van der Waals surface area contributed by atoms with Gasteiger partial charge in [-0.1, -0.05) is 25.6 Å². The Balaban J connectivity index is 1.69. The molecule has 0 bridgehead atoms. The van der Waals surface area contributed by atoms with E-state index in [1.54, 1.807) is 30.2 Å². The number of nitrogens with zero attached hydrogens (tertiary/aromatic N) is 5. The minimum absolute atomic E-state index is 0.494. The fourth-order valence-corrected chi connectivity index (χ4v) is 4.18. The molecule has 1 aromatic carbocycles. The van der Waals surface area contributed by atoms with Crippen LogP contribution in [0.15, 0.2) is 28.7 Å². The summed E-state index contributed by atoms with van der Waals surface area (Å²) in [5, 5.41) is 15.8. The predicted octanol–water partition coefficient (Wildman–Crippen LogP) is 4.15. The molecule has 0 saturated heterocycles. The van der Waals surface area contributed by atoms with Crippen LogP contribution in [0.4, 0.5) is 0 Å². The van der Waals surface area contributed by atoms with Crippen molar-refractivity contribution in [3.8, 4) is 22.1 Å². The number of ether oxygens (including phenoxy) is 2. The Labute approximate surface area is 167 Å². The largest absolute Gasteiger partial charge is 0.493 e. The monoisotopic (exact) mass is 405 g/mol. The SMILES string of the molecule is CCOc1ccc(-c2nc(CSc3nnnn3CC(C)C)cs2)cc1OC. The first-order chi connectivity index (χ1) is 13.1. The predicted molar refractivity (Wildman–Crippen MR) is 107 cm³/mol. The Morgan fingerprint density at radius 2 is 2.11 bits per heavy atom. The number of thioether (sulfide) groups is 1. The second-order valence-electron chi connectivity index (χ2n) is 6.27.